The Morgan fingerprint density at radius 1 is 0.692 bits per heavy atom. The molecule has 1 aromatic heterocycles. The summed E-state index contributed by atoms with van der Waals surface area (Å²) >= 11 is 0. The van der Waals surface area contributed by atoms with Gasteiger partial charge in [0.1, 0.15) is 5.69 Å². The van der Waals surface area contributed by atoms with Gasteiger partial charge in [0.2, 0.25) is 0 Å². The lowest BCUT2D eigenvalue weighted by Crippen LogP contribution is -2.39. The molecule has 0 spiro atoms. The molecule has 3 aromatic carbocycles. The Morgan fingerprint density at radius 3 is 1.46 bits per heavy atom. The van der Waals surface area contributed by atoms with Gasteiger partial charge in [0.05, 0.1) is 12.8 Å². The number of aromatic nitrogens is 3. The summed E-state index contributed by atoms with van der Waals surface area (Å²) in [6, 6.07) is 30.6. The first-order valence-electron chi connectivity index (χ1n) is 8.55. The van der Waals surface area contributed by atoms with E-state index in [2.05, 4.69) is 46.6 Å². The van der Waals surface area contributed by atoms with Crippen LogP contribution in [0.5, 0.6) is 0 Å². The summed E-state index contributed by atoms with van der Waals surface area (Å²) in [5, 5.41) is 18.6. The maximum Gasteiger partial charge on any atom is 0.157 e. The molecule has 0 unspecified atom stereocenters. The molecule has 4 rings (SSSR count). The van der Waals surface area contributed by atoms with Crippen LogP contribution in [0.15, 0.2) is 97.2 Å². The van der Waals surface area contributed by atoms with E-state index < -0.39 is 5.54 Å². The molecule has 128 valence electrons. The van der Waals surface area contributed by atoms with Crippen molar-refractivity contribution in [1.82, 2.24) is 15.0 Å². The third kappa shape index (κ3) is 2.61. The Labute approximate surface area is 152 Å². The first-order chi connectivity index (χ1) is 12.9. The lowest BCUT2D eigenvalue weighted by atomic mass is 9.77. The van der Waals surface area contributed by atoms with Crippen molar-refractivity contribution in [2.75, 3.05) is 0 Å². The van der Waals surface area contributed by atoms with E-state index >= 15 is 0 Å². The minimum absolute atomic E-state index is 0.144. The predicted molar refractivity (Wildman–Crippen MR) is 101 cm³/mol. The molecule has 26 heavy (non-hydrogen) atoms. The van der Waals surface area contributed by atoms with Crippen LogP contribution < -0.4 is 0 Å². The molecule has 0 atom stereocenters. The topological polar surface area (TPSA) is 50.9 Å². The largest absolute Gasteiger partial charge is 0.390 e. The number of nitrogens with zero attached hydrogens (tertiary/aromatic N) is 3. The molecule has 0 fully saturated rings. The molecule has 0 saturated heterocycles. The van der Waals surface area contributed by atoms with Gasteiger partial charge < -0.3 is 5.11 Å². The monoisotopic (exact) mass is 341 g/mol. The Morgan fingerprint density at radius 2 is 1.12 bits per heavy atom. The number of aliphatic hydroxyl groups is 1. The highest BCUT2D eigenvalue weighted by atomic mass is 16.3. The first kappa shape index (κ1) is 16.2. The molecule has 4 nitrogen and oxygen atoms in total. The van der Waals surface area contributed by atoms with Gasteiger partial charge in [-0.3, -0.25) is 0 Å². The van der Waals surface area contributed by atoms with Gasteiger partial charge in [0, 0.05) is 0 Å². The molecule has 1 N–H and O–H groups in total. The van der Waals surface area contributed by atoms with E-state index in [4.69, 9.17) is 0 Å². The van der Waals surface area contributed by atoms with E-state index in [1.807, 2.05) is 54.6 Å². The number of benzene rings is 3. The first-order valence-corrected chi connectivity index (χ1v) is 8.55. The maximum absolute atomic E-state index is 9.51. The summed E-state index contributed by atoms with van der Waals surface area (Å²) in [4.78, 5) is 1.71. The van der Waals surface area contributed by atoms with Gasteiger partial charge in [-0.05, 0) is 16.7 Å². The number of aliphatic hydroxyl groups excluding tert-OH is 1. The number of rotatable bonds is 5. The van der Waals surface area contributed by atoms with Crippen molar-refractivity contribution in [3.8, 4) is 0 Å². The molecule has 0 aliphatic heterocycles. The Balaban J connectivity index is 2.10. The molecule has 0 aliphatic rings. The summed E-state index contributed by atoms with van der Waals surface area (Å²) in [6.07, 6.45) is 1.61. The molecule has 4 aromatic rings. The van der Waals surface area contributed by atoms with Gasteiger partial charge in [-0.1, -0.05) is 91.0 Å². The van der Waals surface area contributed by atoms with Gasteiger partial charge in [-0.25, -0.2) is 0 Å². The summed E-state index contributed by atoms with van der Waals surface area (Å²) in [5.74, 6) is 0. The van der Waals surface area contributed by atoms with E-state index in [9.17, 15) is 5.11 Å². The van der Waals surface area contributed by atoms with Crippen molar-refractivity contribution >= 4 is 0 Å². The highest BCUT2D eigenvalue weighted by molar-refractivity contribution is 5.49. The average molecular weight is 341 g/mol. The fraction of sp³-hybridized carbons (Fsp3) is 0.0909. The second-order valence-corrected chi connectivity index (χ2v) is 6.09. The zero-order chi connectivity index (χ0) is 17.8. The zero-order valence-corrected chi connectivity index (χ0v) is 14.2. The molecule has 4 heteroatoms. The minimum atomic E-state index is -0.725. The molecule has 0 aliphatic carbocycles. The molecular weight excluding hydrogens is 322 g/mol. The van der Waals surface area contributed by atoms with Gasteiger partial charge in [0.25, 0.3) is 0 Å². The minimum Gasteiger partial charge on any atom is -0.390 e. The predicted octanol–water partition coefficient (Wildman–Crippen LogP) is 3.61. The summed E-state index contributed by atoms with van der Waals surface area (Å²) in [7, 11) is 0. The van der Waals surface area contributed by atoms with Crippen LogP contribution in [0.2, 0.25) is 0 Å². The van der Waals surface area contributed by atoms with Crippen LogP contribution >= 0.6 is 0 Å². The van der Waals surface area contributed by atoms with Gasteiger partial charge in [0.15, 0.2) is 5.54 Å². The highest BCUT2D eigenvalue weighted by Gasteiger charge is 2.40. The van der Waals surface area contributed by atoms with Crippen LogP contribution in [0.25, 0.3) is 0 Å². The van der Waals surface area contributed by atoms with Crippen LogP contribution in [0.1, 0.15) is 22.4 Å². The SMILES string of the molecule is OCc1cnn(C(c2ccccc2)(c2ccccc2)c2ccccc2)n1. The van der Waals surface area contributed by atoms with Crippen LogP contribution in [0, 0.1) is 0 Å². The van der Waals surface area contributed by atoms with Crippen molar-refractivity contribution in [2.24, 2.45) is 0 Å². The van der Waals surface area contributed by atoms with Crippen LogP contribution in [-0.2, 0) is 12.1 Å². The zero-order valence-electron chi connectivity index (χ0n) is 14.2. The van der Waals surface area contributed by atoms with Gasteiger partial charge in [-0.15, -0.1) is 0 Å². The van der Waals surface area contributed by atoms with Crippen molar-refractivity contribution in [2.45, 2.75) is 12.1 Å². The number of hydrogen-bond acceptors (Lipinski definition) is 3. The van der Waals surface area contributed by atoms with E-state index in [1.54, 1.807) is 11.0 Å². The van der Waals surface area contributed by atoms with E-state index in [1.165, 1.54) is 0 Å². The number of hydrogen-bond donors (Lipinski definition) is 1. The van der Waals surface area contributed by atoms with Crippen molar-refractivity contribution in [3.05, 3.63) is 120 Å². The van der Waals surface area contributed by atoms with Gasteiger partial charge >= 0.3 is 0 Å². The Kier molecular flexibility index (Phi) is 4.33. The lowest BCUT2D eigenvalue weighted by Gasteiger charge is -2.34. The third-order valence-corrected chi connectivity index (χ3v) is 4.58. The van der Waals surface area contributed by atoms with Crippen LogP contribution in [-0.4, -0.2) is 20.1 Å². The molecule has 0 saturated carbocycles. The second-order valence-electron chi connectivity index (χ2n) is 6.09. The van der Waals surface area contributed by atoms with Crippen molar-refractivity contribution in [1.29, 1.82) is 0 Å². The van der Waals surface area contributed by atoms with Crippen LogP contribution in [0.4, 0.5) is 0 Å². The molecule has 0 radical (unpaired) electrons. The molecule has 1 heterocycles. The summed E-state index contributed by atoms with van der Waals surface area (Å²) in [6.45, 7) is -0.144. The Hall–Kier alpha value is -3.24. The van der Waals surface area contributed by atoms with Crippen molar-refractivity contribution in [3.63, 3.8) is 0 Å². The highest BCUT2D eigenvalue weighted by Crippen LogP contribution is 2.39. The van der Waals surface area contributed by atoms with Gasteiger partial charge in [-0.2, -0.15) is 15.0 Å². The summed E-state index contributed by atoms with van der Waals surface area (Å²) < 4.78 is 0. The average Bonchev–Trinajstić information content (AvgIpc) is 3.21. The second kappa shape index (κ2) is 6.94. The lowest BCUT2D eigenvalue weighted by molar-refractivity contribution is 0.273. The normalized spacial score (nSPS) is 11.4. The molecule has 0 amide bonds. The Bertz CT molecular complexity index is 869. The van der Waals surface area contributed by atoms with E-state index in [0.717, 1.165) is 16.7 Å². The van der Waals surface area contributed by atoms with Crippen LogP contribution in [0.3, 0.4) is 0 Å². The van der Waals surface area contributed by atoms with E-state index in [0.29, 0.717) is 5.69 Å². The maximum atomic E-state index is 9.51. The quantitative estimate of drug-likeness (QED) is 0.564. The standard InChI is InChI=1S/C22H19N3O/c26-17-21-16-23-25(24-21)22(18-10-4-1-5-11-18,19-12-6-2-7-13-19)20-14-8-3-9-15-20/h1-16,26H,17H2. The molecule has 0 bridgehead atoms. The molecular formula is C22H19N3O. The van der Waals surface area contributed by atoms with Crippen molar-refractivity contribution < 1.29 is 5.11 Å². The third-order valence-electron chi connectivity index (χ3n) is 4.58. The summed E-state index contributed by atoms with van der Waals surface area (Å²) in [5.41, 5.74) is 2.97. The fourth-order valence-electron chi connectivity index (χ4n) is 3.41. The fourth-order valence-corrected chi connectivity index (χ4v) is 3.41. The van der Waals surface area contributed by atoms with E-state index in [-0.39, 0.29) is 6.61 Å². The smallest absolute Gasteiger partial charge is 0.157 e.